The number of urea groups is 1. The number of rotatable bonds is 15. The molecular formula is C38H46F2N10O5S. The van der Waals surface area contributed by atoms with E-state index in [1.54, 1.807) is 29.9 Å². The fraction of sp³-hybridized carbons (Fsp3) is 0.474. The van der Waals surface area contributed by atoms with Crippen LogP contribution in [0.3, 0.4) is 0 Å². The molecule has 56 heavy (non-hydrogen) atoms. The Morgan fingerprint density at radius 1 is 1.09 bits per heavy atom. The number of nitriles is 1. The quantitative estimate of drug-likeness (QED) is 0.158. The van der Waals surface area contributed by atoms with Crippen LogP contribution in [-0.4, -0.2) is 111 Å². The van der Waals surface area contributed by atoms with Gasteiger partial charge in [0, 0.05) is 58.1 Å². The Hall–Kier alpha value is -5.25. The summed E-state index contributed by atoms with van der Waals surface area (Å²) in [6, 6.07) is 13.2. The predicted molar refractivity (Wildman–Crippen MR) is 206 cm³/mol. The molecule has 2 unspecified atom stereocenters. The first-order chi connectivity index (χ1) is 27.1. The molecule has 15 nitrogen and oxygen atoms in total. The molecule has 298 valence electrons. The molecule has 2 atom stereocenters. The van der Waals surface area contributed by atoms with Gasteiger partial charge in [0.1, 0.15) is 35.2 Å². The number of benzene rings is 2. The van der Waals surface area contributed by atoms with Gasteiger partial charge in [-0.15, -0.1) is 0 Å². The molecule has 2 saturated heterocycles. The molecule has 2 aromatic carbocycles. The van der Waals surface area contributed by atoms with Crippen LogP contribution in [0.4, 0.5) is 25.3 Å². The number of hydrogen-bond donors (Lipinski definition) is 2. The smallest absolute Gasteiger partial charge is 0.387 e. The number of carbonyl (C=O) groups is 2. The van der Waals surface area contributed by atoms with Crippen LogP contribution in [0.2, 0.25) is 0 Å². The van der Waals surface area contributed by atoms with Crippen molar-refractivity contribution in [3.05, 3.63) is 59.9 Å². The lowest BCUT2D eigenvalue weighted by atomic mass is 9.89. The van der Waals surface area contributed by atoms with Gasteiger partial charge in [0.05, 0.1) is 28.4 Å². The van der Waals surface area contributed by atoms with Crippen molar-refractivity contribution >= 4 is 46.0 Å². The zero-order chi connectivity index (χ0) is 39.8. The van der Waals surface area contributed by atoms with Crippen LogP contribution < -0.4 is 25.0 Å². The molecule has 2 fully saturated rings. The molecule has 2 aliphatic rings. The third kappa shape index (κ3) is 9.75. The molecule has 6 rings (SSSR count). The van der Waals surface area contributed by atoms with E-state index in [4.69, 9.17) is 4.74 Å². The monoisotopic (exact) mass is 792 g/mol. The highest BCUT2D eigenvalue weighted by Crippen LogP contribution is 2.34. The minimum Gasteiger partial charge on any atom is -0.488 e. The van der Waals surface area contributed by atoms with Gasteiger partial charge in [-0.25, -0.2) is 23.3 Å². The Kier molecular flexibility index (Phi) is 13.4. The maximum Gasteiger partial charge on any atom is 0.387 e. The van der Waals surface area contributed by atoms with Crippen molar-refractivity contribution in [2.24, 2.45) is 7.05 Å². The molecule has 2 N–H and O–H groups in total. The summed E-state index contributed by atoms with van der Waals surface area (Å²) in [5.74, 6) is 1.46. The first-order valence-corrected chi connectivity index (χ1v) is 19.7. The lowest BCUT2D eigenvalue weighted by Gasteiger charge is -2.34. The lowest BCUT2D eigenvalue weighted by molar-refractivity contribution is -0.107. The second-order valence-electron chi connectivity index (χ2n) is 13.9. The van der Waals surface area contributed by atoms with E-state index in [9.17, 15) is 27.8 Å². The molecular weight excluding hydrogens is 747 g/mol. The highest BCUT2D eigenvalue weighted by atomic mass is 32.2. The van der Waals surface area contributed by atoms with Gasteiger partial charge in [-0.1, -0.05) is 6.07 Å². The van der Waals surface area contributed by atoms with Crippen LogP contribution >= 0.6 is 0 Å². The topological polar surface area (TPSA) is 171 Å². The summed E-state index contributed by atoms with van der Waals surface area (Å²) in [4.78, 5) is 36.1. The molecule has 4 aromatic rings. The number of carbonyl (C=O) groups excluding carboxylic acids is 2. The van der Waals surface area contributed by atoms with Crippen molar-refractivity contribution in [2.45, 2.75) is 68.6 Å². The number of aldehydes is 1. The molecule has 2 amide bonds. The second kappa shape index (κ2) is 18.6. The average Bonchev–Trinajstić information content (AvgIpc) is 3.53. The van der Waals surface area contributed by atoms with Crippen molar-refractivity contribution in [1.29, 1.82) is 5.26 Å². The van der Waals surface area contributed by atoms with Crippen LogP contribution in [0, 0.1) is 11.3 Å². The normalized spacial score (nSPS) is 16.9. The SMILES string of the molecule is CNC(=O)N(CCC=O)c1nn(C)c2cc(C3CCN(CC(C)Oc4cc(S(=O)N5CCC(Nc6ncc(OC(F)F)cn6)CC5)ccc4C#N)CC3)ccc12. The highest BCUT2D eigenvalue weighted by molar-refractivity contribution is 7.82. The minimum absolute atomic E-state index is 0.0159. The van der Waals surface area contributed by atoms with Gasteiger partial charge in [0.25, 0.3) is 0 Å². The van der Waals surface area contributed by atoms with Gasteiger partial charge in [-0.3, -0.25) is 14.5 Å². The maximum atomic E-state index is 13.6. The summed E-state index contributed by atoms with van der Waals surface area (Å²) < 4.78 is 52.7. The van der Waals surface area contributed by atoms with Gasteiger partial charge in [0.15, 0.2) is 11.6 Å². The number of halogens is 2. The Morgan fingerprint density at radius 3 is 2.48 bits per heavy atom. The predicted octanol–water partition coefficient (Wildman–Crippen LogP) is 4.82. The number of nitrogens with zero attached hydrogens (tertiary/aromatic N) is 8. The fourth-order valence-corrected chi connectivity index (χ4v) is 8.48. The van der Waals surface area contributed by atoms with E-state index in [-0.39, 0.29) is 36.9 Å². The van der Waals surface area contributed by atoms with Gasteiger partial charge in [0.2, 0.25) is 5.95 Å². The molecule has 18 heteroatoms. The number of nitrogens with one attached hydrogen (secondary N) is 2. The molecule has 0 spiro atoms. The summed E-state index contributed by atoms with van der Waals surface area (Å²) >= 11 is 0. The van der Waals surface area contributed by atoms with Crippen LogP contribution in [0.15, 0.2) is 53.7 Å². The van der Waals surface area contributed by atoms with Crippen molar-refractivity contribution in [2.75, 3.05) is 56.5 Å². The Balaban J connectivity index is 1.01. The van der Waals surface area contributed by atoms with Crippen molar-refractivity contribution in [1.82, 2.24) is 34.3 Å². The summed E-state index contributed by atoms with van der Waals surface area (Å²) in [6.07, 6.45) is 6.38. The van der Waals surface area contributed by atoms with Crippen molar-refractivity contribution < 1.29 is 32.1 Å². The van der Waals surface area contributed by atoms with E-state index in [0.29, 0.717) is 66.4 Å². The molecule has 0 radical (unpaired) electrons. The van der Waals surface area contributed by atoms with E-state index in [2.05, 4.69) is 53.5 Å². The number of likely N-dealkylation sites (tertiary alicyclic amines) is 1. The second-order valence-corrected chi connectivity index (χ2v) is 15.4. The zero-order valence-electron chi connectivity index (χ0n) is 31.6. The van der Waals surface area contributed by atoms with Crippen LogP contribution in [0.25, 0.3) is 10.9 Å². The first-order valence-electron chi connectivity index (χ1n) is 18.6. The standard InChI is InChI=1S/C38H46F2N10O5S/c1-25(24-48-14-9-26(10-15-48)27-6-8-32-33(19-27)47(3)46-35(32)50(13-4-18-51)38(52)42-2)54-34-20-31(7-5-28(34)21-41)56(53)49-16-11-29(12-17-49)45-37-43-22-30(23-44-37)55-36(39)40/h5-8,18-20,22-23,25-26,29,36H,4,9-17,24H2,1-3H3,(H,42,52)(H,43,44,45). The number of aromatic nitrogens is 4. The molecule has 4 heterocycles. The summed E-state index contributed by atoms with van der Waals surface area (Å²) in [6.45, 7) is 2.74. The summed E-state index contributed by atoms with van der Waals surface area (Å²) in [5, 5.41) is 21.1. The van der Waals surface area contributed by atoms with Crippen LogP contribution in [-0.2, 0) is 22.8 Å². The lowest BCUT2D eigenvalue weighted by Crippen LogP contribution is -2.40. The molecule has 2 aliphatic heterocycles. The summed E-state index contributed by atoms with van der Waals surface area (Å²) in [5.41, 5.74) is 2.50. The van der Waals surface area contributed by atoms with Gasteiger partial charge >= 0.3 is 12.6 Å². The van der Waals surface area contributed by atoms with Crippen LogP contribution in [0.1, 0.15) is 56.1 Å². The average molecular weight is 793 g/mol. The number of hydrogen-bond acceptors (Lipinski definition) is 11. The van der Waals surface area contributed by atoms with Crippen molar-refractivity contribution in [3.63, 3.8) is 0 Å². The maximum absolute atomic E-state index is 13.6. The molecule has 0 bridgehead atoms. The minimum atomic E-state index is -2.95. The van der Waals surface area contributed by atoms with E-state index < -0.39 is 17.6 Å². The van der Waals surface area contributed by atoms with Crippen LogP contribution in [0.5, 0.6) is 11.5 Å². The highest BCUT2D eigenvalue weighted by Gasteiger charge is 2.27. The molecule has 2 aromatic heterocycles. The van der Waals surface area contributed by atoms with E-state index >= 15 is 0 Å². The fourth-order valence-electron chi connectivity index (χ4n) is 7.25. The number of piperidine rings is 2. The largest absolute Gasteiger partial charge is 0.488 e. The van der Waals surface area contributed by atoms with E-state index in [1.807, 2.05) is 24.3 Å². The van der Waals surface area contributed by atoms with Gasteiger partial charge < -0.3 is 24.9 Å². The third-order valence-corrected chi connectivity index (χ3v) is 11.6. The van der Waals surface area contributed by atoms with E-state index in [0.717, 1.165) is 43.1 Å². The number of ether oxygens (including phenoxy) is 2. The first kappa shape index (κ1) is 40.4. The Morgan fingerprint density at radius 2 is 1.82 bits per heavy atom. The zero-order valence-corrected chi connectivity index (χ0v) is 32.4. The Bertz CT molecular complexity index is 2050. The van der Waals surface area contributed by atoms with Gasteiger partial charge in [-0.2, -0.15) is 19.1 Å². The molecule has 0 saturated carbocycles. The number of fused-ring (bicyclic) bond motifs is 1. The Labute approximate surface area is 326 Å². The number of amides is 2. The van der Waals surface area contributed by atoms with E-state index in [1.165, 1.54) is 22.9 Å². The van der Waals surface area contributed by atoms with Gasteiger partial charge in [-0.05, 0) is 87.5 Å². The third-order valence-electron chi connectivity index (χ3n) is 10.1. The number of anilines is 2. The number of aryl methyl sites for hydroxylation is 1. The van der Waals surface area contributed by atoms with Crippen molar-refractivity contribution in [3.8, 4) is 17.6 Å². The number of alkyl halides is 2. The molecule has 0 aliphatic carbocycles. The summed E-state index contributed by atoms with van der Waals surface area (Å²) in [7, 11) is 1.94.